The fraction of sp³-hybridized carbons (Fsp3) is 0.150. The van der Waals surface area contributed by atoms with E-state index >= 15 is 0 Å². The number of aryl methyl sites for hydroxylation is 1. The van der Waals surface area contributed by atoms with Gasteiger partial charge in [0.25, 0.3) is 5.56 Å². The average molecular weight is 346 g/mol. The Labute approximate surface area is 150 Å². The second-order valence-corrected chi connectivity index (χ2v) is 5.98. The van der Waals surface area contributed by atoms with Crippen LogP contribution in [0.25, 0.3) is 16.7 Å². The summed E-state index contributed by atoms with van der Waals surface area (Å²) >= 11 is 0. The molecule has 2 heterocycles. The van der Waals surface area contributed by atoms with Gasteiger partial charge in [-0.25, -0.2) is 9.67 Å². The monoisotopic (exact) mass is 346 g/mol. The molecule has 0 amide bonds. The summed E-state index contributed by atoms with van der Waals surface area (Å²) in [5, 5.41) is 4.86. The Kier molecular flexibility index (Phi) is 4.23. The largest absolute Gasteiger partial charge is 0.492 e. The first kappa shape index (κ1) is 16.1. The van der Waals surface area contributed by atoms with E-state index in [1.54, 1.807) is 21.8 Å². The zero-order valence-electron chi connectivity index (χ0n) is 14.4. The first-order chi connectivity index (χ1) is 12.7. The molecule has 0 N–H and O–H groups in total. The van der Waals surface area contributed by atoms with Gasteiger partial charge in [-0.1, -0.05) is 36.4 Å². The number of nitrogens with zero attached hydrogens (tertiary/aromatic N) is 4. The minimum absolute atomic E-state index is 0.119. The third-order valence-electron chi connectivity index (χ3n) is 4.24. The number of ether oxygens (including phenoxy) is 1. The summed E-state index contributed by atoms with van der Waals surface area (Å²) in [7, 11) is 0. The van der Waals surface area contributed by atoms with Crippen LogP contribution in [-0.2, 0) is 6.54 Å². The lowest BCUT2D eigenvalue weighted by Crippen LogP contribution is -2.23. The van der Waals surface area contributed by atoms with Crippen molar-refractivity contribution < 1.29 is 4.74 Å². The topological polar surface area (TPSA) is 61.9 Å². The number of hydrogen-bond donors (Lipinski definition) is 0. The van der Waals surface area contributed by atoms with Crippen LogP contribution in [0.1, 0.15) is 5.56 Å². The van der Waals surface area contributed by atoms with Crippen molar-refractivity contribution in [2.24, 2.45) is 0 Å². The minimum Gasteiger partial charge on any atom is -0.492 e. The second-order valence-electron chi connectivity index (χ2n) is 5.98. The first-order valence-corrected chi connectivity index (χ1v) is 8.41. The molecule has 0 saturated heterocycles. The van der Waals surface area contributed by atoms with Crippen molar-refractivity contribution in [2.45, 2.75) is 13.5 Å². The van der Waals surface area contributed by atoms with Crippen LogP contribution < -0.4 is 10.3 Å². The second kappa shape index (κ2) is 6.84. The molecule has 0 unspecified atom stereocenters. The Morgan fingerprint density at radius 1 is 1.04 bits per heavy atom. The van der Waals surface area contributed by atoms with Gasteiger partial charge < -0.3 is 4.74 Å². The maximum absolute atomic E-state index is 12.7. The molecule has 4 rings (SSSR count). The van der Waals surface area contributed by atoms with Gasteiger partial charge in [0.1, 0.15) is 24.1 Å². The van der Waals surface area contributed by atoms with E-state index in [0.29, 0.717) is 24.2 Å². The van der Waals surface area contributed by atoms with Crippen LogP contribution >= 0.6 is 0 Å². The van der Waals surface area contributed by atoms with Crippen LogP contribution in [0.2, 0.25) is 0 Å². The fourth-order valence-electron chi connectivity index (χ4n) is 2.86. The summed E-state index contributed by atoms with van der Waals surface area (Å²) in [5.41, 5.74) is 2.43. The predicted octanol–water partition coefficient (Wildman–Crippen LogP) is 2.97. The lowest BCUT2D eigenvalue weighted by atomic mass is 10.2. The van der Waals surface area contributed by atoms with Crippen LogP contribution in [0.15, 0.2) is 71.9 Å². The normalized spacial score (nSPS) is 11.0. The molecule has 2 aromatic heterocycles. The molecule has 0 aliphatic rings. The maximum Gasteiger partial charge on any atom is 0.264 e. The predicted molar refractivity (Wildman–Crippen MR) is 99.8 cm³/mol. The summed E-state index contributed by atoms with van der Waals surface area (Å²) in [6, 6.07) is 17.4. The van der Waals surface area contributed by atoms with Crippen molar-refractivity contribution in [3.8, 4) is 11.4 Å². The van der Waals surface area contributed by atoms with E-state index in [-0.39, 0.29) is 5.56 Å². The number of aromatic nitrogens is 4. The van der Waals surface area contributed by atoms with Gasteiger partial charge in [-0.3, -0.25) is 9.36 Å². The van der Waals surface area contributed by atoms with Crippen molar-refractivity contribution in [1.29, 1.82) is 0 Å². The van der Waals surface area contributed by atoms with Crippen LogP contribution in [0.3, 0.4) is 0 Å². The molecule has 0 atom stereocenters. The molecule has 26 heavy (non-hydrogen) atoms. The Balaban J connectivity index is 1.60. The highest BCUT2D eigenvalue weighted by Gasteiger charge is 2.12. The molecule has 0 bridgehead atoms. The van der Waals surface area contributed by atoms with Crippen molar-refractivity contribution >= 4 is 11.0 Å². The van der Waals surface area contributed by atoms with E-state index in [1.807, 2.05) is 61.5 Å². The van der Waals surface area contributed by atoms with Crippen LogP contribution in [0, 0.1) is 6.92 Å². The summed E-state index contributed by atoms with van der Waals surface area (Å²) < 4.78 is 8.91. The molecule has 0 radical (unpaired) electrons. The highest BCUT2D eigenvalue weighted by Crippen LogP contribution is 2.17. The standard InChI is InChI=1S/C20H18N4O2/c1-15-7-5-6-10-18(15)24-19-17(13-22-24)20(25)23(14-21-19)11-12-26-16-8-3-2-4-9-16/h2-10,13-14H,11-12H2,1H3. The van der Waals surface area contributed by atoms with Gasteiger partial charge in [-0.05, 0) is 30.7 Å². The molecule has 6 nitrogen and oxygen atoms in total. The van der Waals surface area contributed by atoms with Crippen molar-refractivity contribution in [3.63, 3.8) is 0 Å². The number of fused-ring (bicyclic) bond motifs is 1. The Hall–Kier alpha value is -3.41. The van der Waals surface area contributed by atoms with Crippen LogP contribution in [0.4, 0.5) is 0 Å². The first-order valence-electron chi connectivity index (χ1n) is 8.41. The molecular weight excluding hydrogens is 328 g/mol. The van der Waals surface area contributed by atoms with Crippen molar-refractivity contribution in [3.05, 3.63) is 83.0 Å². The van der Waals surface area contributed by atoms with Gasteiger partial charge in [0, 0.05) is 0 Å². The molecule has 0 aliphatic carbocycles. The van der Waals surface area contributed by atoms with E-state index < -0.39 is 0 Å². The highest BCUT2D eigenvalue weighted by molar-refractivity contribution is 5.75. The van der Waals surface area contributed by atoms with Gasteiger partial charge in [0.05, 0.1) is 18.4 Å². The van der Waals surface area contributed by atoms with Crippen LogP contribution in [0.5, 0.6) is 5.75 Å². The van der Waals surface area contributed by atoms with E-state index in [0.717, 1.165) is 17.0 Å². The molecule has 2 aromatic carbocycles. The molecule has 0 spiro atoms. The summed E-state index contributed by atoms with van der Waals surface area (Å²) in [5.74, 6) is 0.780. The molecule has 6 heteroatoms. The lowest BCUT2D eigenvalue weighted by molar-refractivity contribution is 0.296. The van der Waals surface area contributed by atoms with E-state index in [2.05, 4.69) is 10.1 Å². The van der Waals surface area contributed by atoms with Crippen LogP contribution in [-0.4, -0.2) is 25.9 Å². The lowest BCUT2D eigenvalue weighted by Gasteiger charge is -2.09. The summed E-state index contributed by atoms with van der Waals surface area (Å²) in [6.45, 7) is 2.82. The van der Waals surface area contributed by atoms with Gasteiger partial charge in [0.2, 0.25) is 0 Å². The van der Waals surface area contributed by atoms with Gasteiger partial charge in [0.15, 0.2) is 5.65 Å². The number of benzene rings is 2. The molecule has 0 aliphatic heterocycles. The molecule has 0 saturated carbocycles. The molecule has 130 valence electrons. The van der Waals surface area contributed by atoms with E-state index in [9.17, 15) is 4.79 Å². The SMILES string of the molecule is Cc1ccccc1-n1ncc2c(=O)n(CCOc3ccccc3)cnc21. The zero-order valence-corrected chi connectivity index (χ0v) is 14.4. The highest BCUT2D eigenvalue weighted by atomic mass is 16.5. The average Bonchev–Trinajstić information content (AvgIpc) is 3.09. The Bertz CT molecular complexity index is 1100. The zero-order chi connectivity index (χ0) is 17.9. The van der Waals surface area contributed by atoms with Gasteiger partial charge in [-0.15, -0.1) is 0 Å². The Morgan fingerprint density at radius 2 is 1.81 bits per heavy atom. The molecule has 0 fully saturated rings. The van der Waals surface area contributed by atoms with Crippen molar-refractivity contribution in [1.82, 2.24) is 19.3 Å². The van der Waals surface area contributed by atoms with E-state index in [4.69, 9.17) is 4.74 Å². The smallest absolute Gasteiger partial charge is 0.264 e. The van der Waals surface area contributed by atoms with E-state index in [1.165, 1.54) is 0 Å². The third kappa shape index (κ3) is 2.97. The number of rotatable bonds is 5. The third-order valence-corrected chi connectivity index (χ3v) is 4.24. The quantitative estimate of drug-likeness (QED) is 0.557. The summed E-state index contributed by atoms with van der Waals surface area (Å²) in [6.07, 6.45) is 3.13. The van der Waals surface area contributed by atoms with Gasteiger partial charge in [-0.2, -0.15) is 5.10 Å². The minimum atomic E-state index is -0.119. The number of hydrogen-bond acceptors (Lipinski definition) is 4. The molecule has 4 aromatic rings. The summed E-state index contributed by atoms with van der Waals surface area (Å²) in [4.78, 5) is 17.2. The fourth-order valence-corrected chi connectivity index (χ4v) is 2.86. The Morgan fingerprint density at radius 3 is 2.62 bits per heavy atom. The van der Waals surface area contributed by atoms with Crippen molar-refractivity contribution in [2.75, 3.05) is 6.61 Å². The molecular formula is C20H18N4O2. The number of para-hydroxylation sites is 2. The maximum atomic E-state index is 12.7. The van der Waals surface area contributed by atoms with Gasteiger partial charge >= 0.3 is 0 Å².